The fourth-order valence-corrected chi connectivity index (χ4v) is 3.04. The number of nitrogens with one attached hydrogen (secondary N) is 1. The summed E-state index contributed by atoms with van der Waals surface area (Å²) in [5, 5.41) is 4.68. The first-order valence-electron chi connectivity index (χ1n) is 6.11. The molecule has 1 saturated carbocycles. The van der Waals surface area contributed by atoms with E-state index in [-0.39, 0.29) is 0 Å². The second-order valence-corrected chi connectivity index (χ2v) is 6.08. The van der Waals surface area contributed by atoms with Crippen molar-refractivity contribution in [3.8, 4) is 0 Å². The van der Waals surface area contributed by atoms with Crippen LogP contribution in [0.25, 0.3) is 0 Å². The SMILES string of the molecule is Cc1ncc(CNCC2CCC(N)CC2)s1. The molecule has 3 nitrogen and oxygen atoms in total. The van der Waals surface area contributed by atoms with Gasteiger partial charge in [0, 0.05) is 23.7 Å². The van der Waals surface area contributed by atoms with Gasteiger partial charge in [-0.05, 0) is 45.1 Å². The molecule has 0 unspecified atom stereocenters. The Kier molecular flexibility index (Phi) is 4.32. The topological polar surface area (TPSA) is 50.9 Å². The van der Waals surface area contributed by atoms with Crippen LogP contribution in [0.1, 0.15) is 35.6 Å². The van der Waals surface area contributed by atoms with Crippen molar-refractivity contribution >= 4 is 11.3 Å². The predicted molar refractivity (Wildman–Crippen MR) is 68.5 cm³/mol. The Bertz CT molecular complexity index is 316. The van der Waals surface area contributed by atoms with E-state index in [2.05, 4.69) is 17.2 Å². The maximum absolute atomic E-state index is 5.89. The molecule has 16 heavy (non-hydrogen) atoms. The lowest BCUT2D eigenvalue weighted by Crippen LogP contribution is -2.31. The summed E-state index contributed by atoms with van der Waals surface area (Å²) >= 11 is 1.78. The van der Waals surface area contributed by atoms with Gasteiger partial charge in [-0.15, -0.1) is 11.3 Å². The molecule has 0 amide bonds. The monoisotopic (exact) mass is 239 g/mol. The smallest absolute Gasteiger partial charge is 0.0897 e. The molecular weight excluding hydrogens is 218 g/mol. The number of aromatic nitrogens is 1. The molecule has 0 aliphatic heterocycles. The number of hydrogen-bond donors (Lipinski definition) is 2. The largest absolute Gasteiger partial charge is 0.328 e. The van der Waals surface area contributed by atoms with Gasteiger partial charge in [-0.25, -0.2) is 4.98 Å². The quantitative estimate of drug-likeness (QED) is 0.845. The fourth-order valence-electron chi connectivity index (χ4n) is 2.28. The van der Waals surface area contributed by atoms with Gasteiger partial charge in [0.2, 0.25) is 0 Å². The Balaban J connectivity index is 1.64. The summed E-state index contributed by atoms with van der Waals surface area (Å²) in [6, 6.07) is 0.459. The van der Waals surface area contributed by atoms with Crippen molar-refractivity contribution in [3.63, 3.8) is 0 Å². The number of aryl methyl sites for hydroxylation is 1. The number of rotatable bonds is 4. The number of nitrogens with two attached hydrogens (primary N) is 1. The van der Waals surface area contributed by atoms with Gasteiger partial charge in [0.05, 0.1) is 5.01 Å². The molecule has 0 aromatic carbocycles. The minimum absolute atomic E-state index is 0.459. The van der Waals surface area contributed by atoms with Crippen molar-refractivity contribution in [2.75, 3.05) is 6.54 Å². The lowest BCUT2D eigenvalue weighted by molar-refractivity contribution is 0.314. The third kappa shape index (κ3) is 3.54. The molecule has 1 fully saturated rings. The van der Waals surface area contributed by atoms with Crippen LogP contribution in [0.2, 0.25) is 0 Å². The van der Waals surface area contributed by atoms with Crippen LogP contribution in [0.5, 0.6) is 0 Å². The van der Waals surface area contributed by atoms with Gasteiger partial charge in [0.1, 0.15) is 0 Å². The third-order valence-corrected chi connectivity index (χ3v) is 4.21. The highest BCUT2D eigenvalue weighted by molar-refractivity contribution is 7.11. The van der Waals surface area contributed by atoms with Gasteiger partial charge >= 0.3 is 0 Å². The minimum Gasteiger partial charge on any atom is -0.328 e. The Morgan fingerprint density at radius 2 is 2.19 bits per heavy atom. The van der Waals surface area contributed by atoms with Crippen LogP contribution in [-0.2, 0) is 6.54 Å². The summed E-state index contributed by atoms with van der Waals surface area (Å²) in [5.41, 5.74) is 5.89. The maximum Gasteiger partial charge on any atom is 0.0897 e. The van der Waals surface area contributed by atoms with Crippen molar-refractivity contribution < 1.29 is 0 Å². The number of nitrogens with zero attached hydrogens (tertiary/aromatic N) is 1. The van der Waals surface area contributed by atoms with Crippen molar-refractivity contribution in [3.05, 3.63) is 16.1 Å². The lowest BCUT2D eigenvalue weighted by Gasteiger charge is -2.26. The summed E-state index contributed by atoms with van der Waals surface area (Å²) in [4.78, 5) is 5.59. The zero-order chi connectivity index (χ0) is 11.4. The van der Waals surface area contributed by atoms with Crippen LogP contribution in [0.15, 0.2) is 6.20 Å². The zero-order valence-corrected chi connectivity index (χ0v) is 10.7. The highest BCUT2D eigenvalue weighted by atomic mass is 32.1. The molecule has 0 bridgehead atoms. The fraction of sp³-hybridized carbons (Fsp3) is 0.750. The van der Waals surface area contributed by atoms with Gasteiger partial charge in [-0.2, -0.15) is 0 Å². The molecule has 1 aromatic rings. The summed E-state index contributed by atoms with van der Waals surface area (Å²) < 4.78 is 0. The van der Waals surface area contributed by atoms with E-state index in [4.69, 9.17) is 5.73 Å². The van der Waals surface area contributed by atoms with Gasteiger partial charge in [0.25, 0.3) is 0 Å². The van der Waals surface area contributed by atoms with Crippen molar-refractivity contribution in [1.82, 2.24) is 10.3 Å². The van der Waals surface area contributed by atoms with Crippen LogP contribution in [0.4, 0.5) is 0 Å². The molecule has 2 rings (SSSR count). The average Bonchev–Trinajstić information content (AvgIpc) is 2.67. The Morgan fingerprint density at radius 1 is 1.44 bits per heavy atom. The molecule has 1 heterocycles. The number of thiazole rings is 1. The average molecular weight is 239 g/mol. The van der Waals surface area contributed by atoms with E-state index in [1.54, 1.807) is 11.3 Å². The molecular formula is C12H21N3S. The molecule has 0 atom stereocenters. The zero-order valence-electron chi connectivity index (χ0n) is 9.91. The second-order valence-electron chi connectivity index (χ2n) is 4.76. The van der Waals surface area contributed by atoms with Crippen LogP contribution < -0.4 is 11.1 Å². The second kappa shape index (κ2) is 5.75. The summed E-state index contributed by atoms with van der Waals surface area (Å²) in [5.74, 6) is 0.828. The standard InChI is InChI=1S/C12H21N3S/c1-9-15-8-12(16-9)7-14-6-10-2-4-11(13)5-3-10/h8,10-11,14H,2-7,13H2,1H3. The van der Waals surface area contributed by atoms with E-state index in [0.29, 0.717) is 6.04 Å². The van der Waals surface area contributed by atoms with Crippen LogP contribution in [-0.4, -0.2) is 17.6 Å². The summed E-state index contributed by atoms with van der Waals surface area (Å²) in [6.07, 6.45) is 6.95. The molecule has 1 aromatic heterocycles. The van der Waals surface area contributed by atoms with Gasteiger partial charge < -0.3 is 11.1 Å². The first-order chi connectivity index (χ1) is 7.74. The molecule has 0 spiro atoms. The van der Waals surface area contributed by atoms with E-state index in [0.717, 1.165) is 24.0 Å². The maximum atomic E-state index is 5.89. The van der Waals surface area contributed by atoms with Crippen molar-refractivity contribution in [1.29, 1.82) is 0 Å². The Hall–Kier alpha value is -0.450. The Labute approximate surface area is 101 Å². The van der Waals surface area contributed by atoms with E-state index in [1.165, 1.54) is 30.6 Å². The van der Waals surface area contributed by atoms with Crippen molar-refractivity contribution in [2.24, 2.45) is 11.7 Å². The molecule has 0 saturated heterocycles. The highest BCUT2D eigenvalue weighted by Crippen LogP contribution is 2.22. The van der Waals surface area contributed by atoms with E-state index < -0.39 is 0 Å². The Morgan fingerprint density at radius 3 is 2.81 bits per heavy atom. The molecule has 0 radical (unpaired) electrons. The van der Waals surface area contributed by atoms with E-state index in [9.17, 15) is 0 Å². The molecule has 1 aliphatic carbocycles. The predicted octanol–water partition coefficient (Wildman–Crippen LogP) is 2.06. The molecule has 3 N–H and O–H groups in total. The van der Waals surface area contributed by atoms with Crippen LogP contribution in [0, 0.1) is 12.8 Å². The van der Waals surface area contributed by atoms with Crippen molar-refractivity contribution in [2.45, 2.75) is 45.2 Å². The van der Waals surface area contributed by atoms with Crippen LogP contribution in [0.3, 0.4) is 0 Å². The molecule has 90 valence electrons. The molecule has 1 aliphatic rings. The first-order valence-corrected chi connectivity index (χ1v) is 6.93. The highest BCUT2D eigenvalue weighted by Gasteiger charge is 2.17. The number of hydrogen-bond acceptors (Lipinski definition) is 4. The van der Waals surface area contributed by atoms with Gasteiger partial charge in [-0.1, -0.05) is 0 Å². The molecule has 4 heteroatoms. The normalized spacial score (nSPS) is 25.9. The summed E-state index contributed by atoms with van der Waals surface area (Å²) in [6.45, 7) is 4.15. The van der Waals surface area contributed by atoms with E-state index in [1.807, 2.05) is 6.20 Å². The van der Waals surface area contributed by atoms with Gasteiger partial charge in [0.15, 0.2) is 0 Å². The van der Waals surface area contributed by atoms with E-state index >= 15 is 0 Å². The first kappa shape index (κ1) is 12.0. The van der Waals surface area contributed by atoms with Crippen LogP contribution >= 0.6 is 11.3 Å². The third-order valence-electron chi connectivity index (χ3n) is 3.29. The van der Waals surface area contributed by atoms with Gasteiger partial charge in [-0.3, -0.25) is 0 Å². The summed E-state index contributed by atoms with van der Waals surface area (Å²) in [7, 11) is 0. The lowest BCUT2D eigenvalue weighted by atomic mass is 9.86. The minimum atomic E-state index is 0.459.